The number of carboxylic acids is 1. The minimum absolute atomic E-state index is 0.121. The zero-order valence-electron chi connectivity index (χ0n) is 16.3. The molecule has 1 N–H and O–H groups in total. The first kappa shape index (κ1) is 20.6. The molecular weight excluding hydrogens is 379 g/mol. The number of aryl methyl sites for hydroxylation is 1. The van der Waals surface area contributed by atoms with E-state index >= 15 is 0 Å². The standard InChI is InChI=1S/C21H25FN2O3S/c1-14-12-18(23-24(14)19-6-4-5-11-27-19)17(22)13-15-7-9-16(10-8-15)28-21(2,3)20(25)26/h7-10,12-13,19H,4-6,11H2,1-3H3,(H,25,26)/b17-13-. The van der Waals surface area contributed by atoms with Gasteiger partial charge in [-0.15, -0.1) is 11.8 Å². The Morgan fingerprint density at radius 1 is 1.36 bits per heavy atom. The number of halogens is 1. The molecule has 1 fully saturated rings. The molecule has 2 aromatic rings. The van der Waals surface area contributed by atoms with Crippen LogP contribution in [-0.2, 0) is 9.53 Å². The van der Waals surface area contributed by atoms with Gasteiger partial charge >= 0.3 is 5.97 Å². The number of nitrogens with zero attached hydrogens (tertiary/aromatic N) is 2. The average molecular weight is 405 g/mol. The van der Waals surface area contributed by atoms with Crippen LogP contribution in [0.3, 0.4) is 0 Å². The minimum atomic E-state index is -0.922. The lowest BCUT2D eigenvalue weighted by atomic mass is 10.2. The number of hydrogen-bond acceptors (Lipinski definition) is 4. The van der Waals surface area contributed by atoms with Gasteiger partial charge in [0.2, 0.25) is 0 Å². The summed E-state index contributed by atoms with van der Waals surface area (Å²) in [5, 5.41) is 13.6. The van der Waals surface area contributed by atoms with Gasteiger partial charge in [-0.25, -0.2) is 9.07 Å². The third kappa shape index (κ3) is 4.83. The fourth-order valence-electron chi connectivity index (χ4n) is 3.00. The van der Waals surface area contributed by atoms with Crippen molar-refractivity contribution in [3.63, 3.8) is 0 Å². The van der Waals surface area contributed by atoms with Crippen LogP contribution in [0.15, 0.2) is 35.2 Å². The zero-order valence-corrected chi connectivity index (χ0v) is 17.1. The van der Waals surface area contributed by atoms with Crippen molar-refractivity contribution in [2.24, 2.45) is 0 Å². The molecule has 7 heteroatoms. The van der Waals surface area contributed by atoms with Crippen molar-refractivity contribution in [2.75, 3.05) is 6.61 Å². The molecule has 1 unspecified atom stereocenters. The monoisotopic (exact) mass is 404 g/mol. The molecule has 0 aliphatic carbocycles. The largest absolute Gasteiger partial charge is 0.480 e. The number of hydrogen-bond donors (Lipinski definition) is 1. The third-order valence-electron chi connectivity index (χ3n) is 4.66. The van der Waals surface area contributed by atoms with Crippen LogP contribution in [0.5, 0.6) is 0 Å². The Bertz CT molecular complexity index is 868. The average Bonchev–Trinajstić information content (AvgIpc) is 3.05. The summed E-state index contributed by atoms with van der Waals surface area (Å²) in [6.45, 7) is 5.92. The Balaban J connectivity index is 1.74. The van der Waals surface area contributed by atoms with Crippen LogP contribution in [0.4, 0.5) is 4.39 Å². The highest BCUT2D eigenvalue weighted by atomic mass is 32.2. The predicted octanol–water partition coefficient (Wildman–Crippen LogP) is 5.31. The van der Waals surface area contributed by atoms with Crippen LogP contribution in [0.1, 0.15) is 56.3 Å². The highest BCUT2D eigenvalue weighted by Crippen LogP contribution is 2.33. The fraction of sp³-hybridized carbons (Fsp3) is 0.429. The Morgan fingerprint density at radius 2 is 2.07 bits per heavy atom. The molecule has 0 bridgehead atoms. The lowest BCUT2D eigenvalue weighted by Crippen LogP contribution is -2.26. The summed E-state index contributed by atoms with van der Waals surface area (Å²) < 4.78 is 21.3. The molecule has 1 saturated heterocycles. The van der Waals surface area contributed by atoms with Gasteiger partial charge in [0.25, 0.3) is 0 Å². The van der Waals surface area contributed by atoms with E-state index in [1.807, 2.05) is 6.92 Å². The van der Waals surface area contributed by atoms with Gasteiger partial charge in [-0.2, -0.15) is 5.10 Å². The van der Waals surface area contributed by atoms with E-state index in [0.717, 1.165) is 29.9 Å². The van der Waals surface area contributed by atoms with Gasteiger partial charge in [0, 0.05) is 17.2 Å². The Kier molecular flexibility index (Phi) is 6.25. The Hall–Kier alpha value is -2.12. The molecule has 2 heterocycles. The second-order valence-corrected chi connectivity index (χ2v) is 9.11. The number of thioether (sulfide) groups is 1. The van der Waals surface area contributed by atoms with E-state index in [1.165, 1.54) is 17.8 Å². The molecule has 0 radical (unpaired) electrons. The Labute approximate surface area is 168 Å². The van der Waals surface area contributed by atoms with Crippen molar-refractivity contribution in [2.45, 2.75) is 55.9 Å². The highest BCUT2D eigenvalue weighted by molar-refractivity contribution is 8.01. The summed E-state index contributed by atoms with van der Waals surface area (Å²) in [7, 11) is 0. The van der Waals surface area contributed by atoms with Gasteiger partial charge in [-0.1, -0.05) is 12.1 Å². The molecule has 28 heavy (non-hydrogen) atoms. The second kappa shape index (κ2) is 8.49. The highest BCUT2D eigenvalue weighted by Gasteiger charge is 2.28. The molecular formula is C21H25FN2O3S. The van der Waals surface area contributed by atoms with Crippen LogP contribution in [-0.4, -0.2) is 32.2 Å². The van der Waals surface area contributed by atoms with Gasteiger partial charge < -0.3 is 9.84 Å². The fourth-order valence-corrected chi connectivity index (χ4v) is 3.95. The van der Waals surface area contributed by atoms with E-state index < -0.39 is 16.5 Å². The molecule has 3 rings (SSSR count). The van der Waals surface area contributed by atoms with E-state index in [4.69, 9.17) is 4.74 Å². The van der Waals surface area contributed by atoms with Crippen molar-refractivity contribution in [3.8, 4) is 0 Å². The maximum Gasteiger partial charge on any atom is 0.319 e. The van der Waals surface area contributed by atoms with Gasteiger partial charge in [0.1, 0.15) is 16.7 Å². The third-order valence-corrected chi connectivity index (χ3v) is 5.85. The van der Waals surface area contributed by atoms with Gasteiger partial charge in [0.15, 0.2) is 5.83 Å². The van der Waals surface area contributed by atoms with Gasteiger partial charge in [0.05, 0.1) is 0 Å². The SMILES string of the molecule is Cc1cc(/C(F)=C/c2ccc(SC(C)(C)C(=O)O)cc2)nn1C1CCCCO1. The van der Waals surface area contributed by atoms with Crippen LogP contribution in [0.2, 0.25) is 0 Å². The zero-order chi connectivity index (χ0) is 20.3. The van der Waals surface area contributed by atoms with E-state index in [0.29, 0.717) is 12.2 Å². The molecule has 1 atom stereocenters. The Morgan fingerprint density at radius 3 is 2.68 bits per heavy atom. The second-order valence-electron chi connectivity index (χ2n) is 7.42. The van der Waals surface area contributed by atoms with Crippen molar-refractivity contribution < 1.29 is 19.0 Å². The molecule has 150 valence electrons. The van der Waals surface area contributed by atoms with Crippen LogP contribution in [0.25, 0.3) is 11.9 Å². The summed E-state index contributed by atoms with van der Waals surface area (Å²) in [6, 6.07) is 8.87. The number of benzene rings is 1. The van der Waals surface area contributed by atoms with Crippen LogP contribution >= 0.6 is 11.8 Å². The summed E-state index contributed by atoms with van der Waals surface area (Å²) in [4.78, 5) is 12.1. The number of carboxylic acid groups (broad SMARTS) is 1. The molecule has 1 aliphatic heterocycles. The molecule has 1 aromatic carbocycles. The van der Waals surface area contributed by atoms with E-state index in [2.05, 4.69) is 5.10 Å². The summed E-state index contributed by atoms with van der Waals surface area (Å²) >= 11 is 1.26. The number of carbonyl (C=O) groups is 1. The molecule has 0 saturated carbocycles. The number of aromatic nitrogens is 2. The van der Waals surface area contributed by atoms with Crippen molar-refractivity contribution in [1.29, 1.82) is 0 Å². The molecule has 1 aromatic heterocycles. The number of ether oxygens (including phenoxy) is 1. The number of rotatable bonds is 6. The van der Waals surface area contributed by atoms with Crippen molar-refractivity contribution in [3.05, 3.63) is 47.3 Å². The summed E-state index contributed by atoms with van der Waals surface area (Å²) in [6.07, 6.45) is 4.34. The molecule has 1 aliphatic rings. The summed E-state index contributed by atoms with van der Waals surface area (Å²) in [5.74, 6) is -1.29. The molecule has 0 spiro atoms. The minimum Gasteiger partial charge on any atom is -0.480 e. The van der Waals surface area contributed by atoms with E-state index in [1.54, 1.807) is 48.9 Å². The summed E-state index contributed by atoms with van der Waals surface area (Å²) in [5.41, 5.74) is 1.85. The predicted molar refractivity (Wildman–Crippen MR) is 109 cm³/mol. The van der Waals surface area contributed by atoms with Gasteiger partial charge in [-0.3, -0.25) is 4.79 Å². The maximum atomic E-state index is 14.7. The normalized spacial score (nSPS) is 18.3. The van der Waals surface area contributed by atoms with Gasteiger partial charge in [-0.05, 0) is 69.9 Å². The first-order valence-electron chi connectivity index (χ1n) is 9.34. The molecule has 0 amide bonds. The quantitative estimate of drug-likeness (QED) is 0.661. The van der Waals surface area contributed by atoms with Crippen molar-refractivity contribution in [1.82, 2.24) is 9.78 Å². The van der Waals surface area contributed by atoms with Crippen LogP contribution in [0, 0.1) is 6.92 Å². The first-order valence-corrected chi connectivity index (χ1v) is 10.2. The van der Waals surface area contributed by atoms with Crippen LogP contribution < -0.4 is 0 Å². The molecule has 5 nitrogen and oxygen atoms in total. The first-order chi connectivity index (χ1) is 13.3. The lowest BCUT2D eigenvalue weighted by Gasteiger charge is -2.23. The van der Waals surface area contributed by atoms with E-state index in [9.17, 15) is 14.3 Å². The lowest BCUT2D eigenvalue weighted by molar-refractivity contribution is -0.138. The topological polar surface area (TPSA) is 64.3 Å². The number of aliphatic carboxylic acids is 1. The van der Waals surface area contributed by atoms with Crippen molar-refractivity contribution >= 4 is 29.6 Å². The van der Waals surface area contributed by atoms with E-state index in [-0.39, 0.29) is 11.9 Å². The smallest absolute Gasteiger partial charge is 0.319 e. The maximum absolute atomic E-state index is 14.7.